The molecule has 0 aliphatic carbocycles. The van der Waals surface area contributed by atoms with Crippen molar-refractivity contribution in [2.24, 2.45) is 5.92 Å². The first-order chi connectivity index (χ1) is 8.38. The zero-order chi connectivity index (χ0) is 11.7. The lowest BCUT2D eigenvalue weighted by molar-refractivity contribution is -0.111. The van der Waals surface area contributed by atoms with Crippen molar-refractivity contribution in [3.63, 3.8) is 0 Å². The van der Waals surface area contributed by atoms with Crippen LogP contribution in [-0.4, -0.2) is 29.3 Å². The van der Waals surface area contributed by atoms with Gasteiger partial charge in [-0.25, -0.2) is 9.97 Å². The molecule has 1 saturated heterocycles. The first kappa shape index (κ1) is 10.7. The zero-order valence-corrected chi connectivity index (χ0v) is 10.2. The number of hydrogen-bond acceptors (Lipinski definition) is 5. The van der Waals surface area contributed by atoms with Crippen LogP contribution in [0.5, 0.6) is 0 Å². The SMILES string of the molecule is O=CC1CCCN(c2ncnc3sccc23)C1. The topological polar surface area (TPSA) is 46.1 Å². The molecule has 3 heterocycles. The molecule has 17 heavy (non-hydrogen) atoms. The molecule has 4 nitrogen and oxygen atoms in total. The molecule has 1 atom stereocenters. The van der Waals surface area contributed by atoms with Gasteiger partial charge in [-0.15, -0.1) is 11.3 Å². The number of carbonyl (C=O) groups is 1. The summed E-state index contributed by atoms with van der Waals surface area (Å²) in [7, 11) is 0. The molecule has 1 fully saturated rings. The Morgan fingerprint density at radius 3 is 3.29 bits per heavy atom. The van der Waals surface area contributed by atoms with Gasteiger partial charge >= 0.3 is 0 Å². The number of carbonyl (C=O) groups excluding carboxylic acids is 1. The number of aldehydes is 1. The van der Waals surface area contributed by atoms with Crippen molar-refractivity contribution in [2.75, 3.05) is 18.0 Å². The highest BCUT2D eigenvalue weighted by atomic mass is 32.1. The number of rotatable bonds is 2. The molecule has 0 saturated carbocycles. The van der Waals surface area contributed by atoms with E-state index in [0.29, 0.717) is 0 Å². The Morgan fingerprint density at radius 2 is 2.41 bits per heavy atom. The summed E-state index contributed by atoms with van der Waals surface area (Å²) in [6.07, 6.45) is 4.73. The Labute approximate surface area is 103 Å². The van der Waals surface area contributed by atoms with E-state index < -0.39 is 0 Å². The third-order valence-corrected chi connectivity index (χ3v) is 4.01. The second kappa shape index (κ2) is 4.41. The molecular weight excluding hydrogens is 234 g/mol. The van der Waals surface area contributed by atoms with Crippen molar-refractivity contribution >= 4 is 33.7 Å². The maximum absolute atomic E-state index is 10.9. The number of anilines is 1. The largest absolute Gasteiger partial charge is 0.355 e. The van der Waals surface area contributed by atoms with Crippen LogP contribution in [0.1, 0.15) is 12.8 Å². The highest BCUT2D eigenvalue weighted by Crippen LogP contribution is 2.29. The van der Waals surface area contributed by atoms with Crippen LogP contribution in [0.2, 0.25) is 0 Å². The fourth-order valence-corrected chi connectivity index (χ4v) is 3.07. The van der Waals surface area contributed by atoms with Gasteiger partial charge < -0.3 is 9.69 Å². The Kier molecular flexibility index (Phi) is 2.76. The molecule has 1 aliphatic rings. The van der Waals surface area contributed by atoms with E-state index in [1.807, 2.05) is 5.38 Å². The third kappa shape index (κ3) is 1.91. The Balaban J connectivity index is 1.97. The number of aromatic nitrogens is 2. The normalized spacial score (nSPS) is 20.7. The van der Waals surface area contributed by atoms with Crippen molar-refractivity contribution in [2.45, 2.75) is 12.8 Å². The molecule has 1 unspecified atom stereocenters. The molecule has 0 radical (unpaired) electrons. The predicted molar refractivity (Wildman–Crippen MR) is 68.4 cm³/mol. The summed E-state index contributed by atoms with van der Waals surface area (Å²) in [5, 5.41) is 3.13. The summed E-state index contributed by atoms with van der Waals surface area (Å²) in [6.45, 7) is 1.76. The van der Waals surface area contributed by atoms with Gasteiger partial charge in [0.15, 0.2) is 0 Å². The van der Waals surface area contributed by atoms with Crippen LogP contribution in [0.15, 0.2) is 17.8 Å². The molecule has 0 spiro atoms. The van der Waals surface area contributed by atoms with E-state index in [9.17, 15) is 4.79 Å². The maximum Gasteiger partial charge on any atom is 0.140 e. The minimum atomic E-state index is 0.146. The van der Waals surface area contributed by atoms with Crippen molar-refractivity contribution in [3.05, 3.63) is 17.8 Å². The van der Waals surface area contributed by atoms with Crippen molar-refractivity contribution in [1.29, 1.82) is 0 Å². The van der Waals surface area contributed by atoms with E-state index in [1.54, 1.807) is 17.7 Å². The van der Waals surface area contributed by atoms with Crippen LogP contribution in [0, 0.1) is 5.92 Å². The van der Waals surface area contributed by atoms with Gasteiger partial charge in [0, 0.05) is 19.0 Å². The summed E-state index contributed by atoms with van der Waals surface area (Å²) in [6, 6.07) is 2.06. The summed E-state index contributed by atoms with van der Waals surface area (Å²) in [5.74, 6) is 1.12. The number of fused-ring (bicyclic) bond motifs is 1. The second-order valence-corrected chi connectivity index (χ2v) is 5.22. The van der Waals surface area contributed by atoms with E-state index in [2.05, 4.69) is 20.9 Å². The minimum Gasteiger partial charge on any atom is -0.355 e. The Hall–Kier alpha value is -1.49. The lowest BCUT2D eigenvalue weighted by Gasteiger charge is -2.31. The molecule has 2 aromatic heterocycles. The number of nitrogens with zero attached hydrogens (tertiary/aromatic N) is 3. The van der Waals surface area contributed by atoms with E-state index in [0.717, 1.165) is 48.3 Å². The number of piperidine rings is 1. The lowest BCUT2D eigenvalue weighted by atomic mass is 10.00. The van der Waals surface area contributed by atoms with Crippen molar-refractivity contribution < 1.29 is 4.79 Å². The molecule has 0 N–H and O–H groups in total. The quantitative estimate of drug-likeness (QED) is 0.762. The van der Waals surface area contributed by atoms with Crippen LogP contribution in [0.4, 0.5) is 5.82 Å². The molecule has 0 amide bonds. The highest BCUT2D eigenvalue weighted by Gasteiger charge is 2.21. The standard InChI is InChI=1S/C12H13N3OS/c16-7-9-2-1-4-15(6-9)11-10-3-5-17-12(10)14-8-13-11/h3,5,7-9H,1-2,4,6H2. The van der Waals surface area contributed by atoms with Crippen LogP contribution in [0.25, 0.3) is 10.2 Å². The molecule has 0 bridgehead atoms. The van der Waals surface area contributed by atoms with Crippen LogP contribution < -0.4 is 4.90 Å². The van der Waals surface area contributed by atoms with E-state index in [-0.39, 0.29) is 5.92 Å². The maximum atomic E-state index is 10.9. The first-order valence-electron chi connectivity index (χ1n) is 5.77. The molecule has 88 valence electrons. The van der Waals surface area contributed by atoms with Crippen molar-refractivity contribution in [3.8, 4) is 0 Å². The van der Waals surface area contributed by atoms with E-state index >= 15 is 0 Å². The summed E-state index contributed by atoms with van der Waals surface area (Å²) >= 11 is 1.62. The second-order valence-electron chi connectivity index (χ2n) is 4.32. The smallest absolute Gasteiger partial charge is 0.140 e. The summed E-state index contributed by atoms with van der Waals surface area (Å²) in [5.41, 5.74) is 0. The monoisotopic (exact) mass is 247 g/mol. The fraction of sp³-hybridized carbons (Fsp3) is 0.417. The van der Waals surface area contributed by atoms with Gasteiger partial charge in [-0.3, -0.25) is 0 Å². The highest BCUT2D eigenvalue weighted by molar-refractivity contribution is 7.16. The zero-order valence-electron chi connectivity index (χ0n) is 9.37. The number of thiophene rings is 1. The minimum absolute atomic E-state index is 0.146. The third-order valence-electron chi connectivity index (χ3n) is 3.19. The average Bonchev–Trinajstić information content (AvgIpc) is 2.87. The van der Waals surface area contributed by atoms with Gasteiger partial charge in [-0.1, -0.05) is 0 Å². The van der Waals surface area contributed by atoms with Crippen LogP contribution in [0.3, 0.4) is 0 Å². The van der Waals surface area contributed by atoms with Crippen LogP contribution >= 0.6 is 11.3 Å². The molecule has 2 aromatic rings. The van der Waals surface area contributed by atoms with Gasteiger partial charge in [0.2, 0.25) is 0 Å². The molecule has 3 rings (SSSR count). The molecule has 5 heteroatoms. The fourth-order valence-electron chi connectivity index (χ4n) is 2.34. The average molecular weight is 247 g/mol. The van der Waals surface area contributed by atoms with E-state index in [1.165, 1.54) is 0 Å². The lowest BCUT2D eigenvalue weighted by Crippen LogP contribution is -2.36. The molecule has 1 aliphatic heterocycles. The van der Waals surface area contributed by atoms with Crippen LogP contribution in [-0.2, 0) is 4.79 Å². The first-order valence-corrected chi connectivity index (χ1v) is 6.65. The summed E-state index contributed by atoms with van der Waals surface area (Å²) < 4.78 is 0. The van der Waals surface area contributed by atoms with Gasteiger partial charge in [0.1, 0.15) is 23.3 Å². The van der Waals surface area contributed by atoms with Gasteiger partial charge in [-0.05, 0) is 24.3 Å². The predicted octanol–water partition coefficient (Wildman–Crippen LogP) is 2.11. The van der Waals surface area contributed by atoms with Crippen molar-refractivity contribution in [1.82, 2.24) is 9.97 Å². The van der Waals surface area contributed by atoms with Gasteiger partial charge in [-0.2, -0.15) is 0 Å². The molecule has 0 aromatic carbocycles. The Morgan fingerprint density at radius 1 is 1.47 bits per heavy atom. The van der Waals surface area contributed by atoms with Gasteiger partial charge in [0.25, 0.3) is 0 Å². The molecular formula is C12H13N3OS. The Bertz CT molecular complexity index is 539. The van der Waals surface area contributed by atoms with Gasteiger partial charge in [0.05, 0.1) is 5.39 Å². The van der Waals surface area contributed by atoms with E-state index in [4.69, 9.17) is 0 Å². The number of hydrogen-bond donors (Lipinski definition) is 0. The summed E-state index contributed by atoms with van der Waals surface area (Å²) in [4.78, 5) is 22.7.